The number of fused-ring (bicyclic) bond motifs is 2. The number of hydrogen-bond acceptors (Lipinski definition) is 2. The minimum absolute atomic E-state index is 0. The molecule has 1 N–H and O–H groups in total. The van der Waals surface area contributed by atoms with E-state index in [2.05, 4.69) is 5.32 Å². The lowest BCUT2D eigenvalue weighted by Crippen LogP contribution is -2.43. The van der Waals surface area contributed by atoms with Crippen LogP contribution in [0.25, 0.3) is 0 Å². The molecule has 0 saturated carbocycles. The van der Waals surface area contributed by atoms with Gasteiger partial charge in [0.2, 0.25) is 0 Å². The molecule has 2 heterocycles. The predicted octanol–water partition coefficient (Wildman–Crippen LogP) is 0.756. The van der Waals surface area contributed by atoms with E-state index in [0.29, 0.717) is 6.61 Å². The van der Waals surface area contributed by atoms with Crippen LogP contribution in [0.5, 0.6) is 0 Å². The summed E-state index contributed by atoms with van der Waals surface area (Å²) in [6.07, 6.45) is 1.20. The topological polar surface area (TPSA) is 21.3 Å². The Bertz CT molecular complexity index is 142. The lowest BCUT2D eigenvalue weighted by molar-refractivity contribution is 0.108. The van der Waals surface area contributed by atoms with Gasteiger partial charge in [-0.3, -0.25) is 4.39 Å². The quantitative estimate of drug-likeness (QED) is 0.645. The zero-order valence-electron chi connectivity index (χ0n) is 6.31. The number of piperidine rings is 1. The summed E-state index contributed by atoms with van der Waals surface area (Å²) in [7, 11) is 0. The van der Waals surface area contributed by atoms with Crippen LogP contribution in [0, 0.1) is 5.41 Å². The van der Waals surface area contributed by atoms with Crippen molar-refractivity contribution < 1.29 is 9.13 Å². The van der Waals surface area contributed by atoms with Gasteiger partial charge < -0.3 is 10.1 Å². The van der Waals surface area contributed by atoms with Gasteiger partial charge in [0.15, 0.2) is 0 Å². The summed E-state index contributed by atoms with van der Waals surface area (Å²) in [5.74, 6) is 0. The standard InChI is InChI=1S/C7H12FNO.ClH/c8-3-7-1-6(10-5-7)2-9-4-7;/h6,9H,1-5H2;1H. The van der Waals surface area contributed by atoms with Crippen molar-refractivity contribution >= 4 is 12.4 Å². The summed E-state index contributed by atoms with van der Waals surface area (Å²) in [4.78, 5) is 0. The van der Waals surface area contributed by atoms with Crippen molar-refractivity contribution in [2.24, 2.45) is 5.41 Å². The predicted molar refractivity (Wildman–Crippen MR) is 42.9 cm³/mol. The minimum Gasteiger partial charge on any atom is -0.376 e. The van der Waals surface area contributed by atoms with Crippen molar-refractivity contribution in [1.29, 1.82) is 0 Å². The number of nitrogens with one attached hydrogen (secondary N) is 1. The van der Waals surface area contributed by atoms with Gasteiger partial charge in [0, 0.05) is 18.5 Å². The van der Waals surface area contributed by atoms with Gasteiger partial charge in [-0.1, -0.05) is 0 Å². The first-order valence-corrected chi connectivity index (χ1v) is 3.73. The van der Waals surface area contributed by atoms with Gasteiger partial charge in [-0.2, -0.15) is 0 Å². The van der Waals surface area contributed by atoms with Crippen LogP contribution in [-0.2, 0) is 4.74 Å². The molecule has 0 aromatic heterocycles. The molecule has 0 aromatic rings. The van der Waals surface area contributed by atoms with Crippen LogP contribution in [0.3, 0.4) is 0 Å². The zero-order valence-corrected chi connectivity index (χ0v) is 7.12. The maximum Gasteiger partial charge on any atom is 0.0985 e. The highest BCUT2D eigenvalue weighted by Gasteiger charge is 2.43. The Kier molecular flexibility index (Phi) is 2.73. The molecule has 0 radical (unpaired) electrons. The van der Waals surface area contributed by atoms with Crippen LogP contribution < -0.4 is 5.32 Å². The monoisotopic (exact) mass is 181 g/mol. The van der Waals surface area contributed by atoms with Crippen molar-refractivity contribution in [3.63, 3.8) is 0 Å². The van der Waals surface area contributed by atoms with E-state index in [9.17, 15) is 4.39 Å². The van der Waals surface area contributed by atoms with Gasteiger partial charge in [0.1, 0.15) is 0 Å². The van der Waals surface area contributed by atoms with Crippen LogP contribution in [0.1, 0.15) is 6.42 Å². The summed E-state index contributed by atoms with van der Waals surface area (Å²) in [6, 6.07) is 0. The molecule has 4 heteroatoms. The molecule has 2 fully saturated rings. The normalized spacial score (nSPS) is 41.7. The fourth-order valence-electron chi connectivity index (χ4n) is 1.79. The van der Waals surface area contributed by atoms with Crippen LogP contribution >= 0.6 is 12.4 Å². The molecule has 2 bridgehead atoms. The molecule has 2 unspecified atom stereocenters. The van der Waals surface area contributed by atoms with Gasteiger partial charge in [0.25, 0.3) is 0 Å². The first-order chi connectivity index (χ1) is 4.85. The molecule has 2 aliphatic heterocycles. The second-order valence-corrected chi connectivity index (χ2v) is 3.40. The summed E-state index contributed by atoms with van der Waals surface area (Å²) >= 11 is 0. The summed E-state index contributed by atoms with van der Waals surface area (Å²) in [5.41, 5.74) is -0.164. The van der Waals surface area contributed by atoms with Gasteiger partial charge >= 0.3 is 0 Å². The number of rotatable bonds is 1. The molecule has 66 valence electrons. The maximum atomic E-state index is 12.4. The van der Waals surface area contributed by atoms with E-state index in [-0.39, 0.29) is 30.6 Å². The summed E-state index contributed by atoms with van der Waals surface area (Å²) < 4.78 is 17.8. The van der Waals surface area contributed by atoms with Crippen molar-refractivity contribution in [2.45, 2.75) is 12.5 Å². The molecular formula is C7H13ClFNO. The molecule has 2 aliphatic rings. The Morgan fingerprint density at radius 1 is 1.64 bits per heavy atom. The fourth-order valence-corrected chi connectivity index (χ4v) is 1.79. The minimum atomic E-state index is -0.240. The average molecular weight is 182 g/mol. The van der Waals surface area contributed by atoms with E-state index in [4.69, 9.17) is 4.74 Å². The Hall–Kier alpha value is 0.140. The molecule has 0 aliphatic carbocycles. The molecule has 2 rings (SSSR count). The largest absolute Gasteiger partial charge is 0.376 e. The van der Waals surface area contributed by atoms with Gasteiger partial charge in [-0.25, -0.2) is 0 Å². The highest BCUT2D eigenvalue weighted by molar-refractivity contribution is 5.85. The number of alkyl halides is 1. The van der Waals surface area contributed by atoms with Crippen molar-refractivity contribution in [1.82, 2.24) is 5.32 Å². The Morgan fingerprint density at radius 3 is 3.09 bits per heavy atom. The van der Waals surface area contributed by atoms with Crippen LogP contribution in [0.15, 0.2) is 0 Å². The van der Waals surface area contributed by atoms with E-state index < -0.39 is 0 Å². The summed E-state index contributed by atoms with van der Waals surface area (Å²) in [5, 5.41) is 3.17. The molecule has 0 aromatic carbocycles. The number of halogens is 2. The van der Waals surface area contributed by atoms with E-state index >= 15 is 0 Å². The number of hydrogen-bond donors (Lipinski definition) is 1. The van der Waals surface area contributed by atoms with E-state index in [1.165, 1.54) is 0 Å². The number of ether oxygens (including phenoxy) is 1. The molecule has 11 heavy (non-hydrogen) atoms. The molecular weight excluding hydrogens is 169 g/mol. The SMILES string of the molecule is Cl.FCC12CNCC(C1)OC2. The smallest absolute Gasteiger partial charge is 0.0985 e. The molecule has 2 saturated heterocycles. The highest BCUT2D eigenvalue weighted by atomic mass is 35.5. The average Bonchev–Trinajstić information content (AvgIpc) is 2.29. The van der Waals surface area contributed by atoms with E-state index in [0.717, 1.165) is 19.5 Å². The fraction of sp³-hybridized carbons (Fsp3) is 1.00. The lowest BCUT2D eigenvalue weighted by Gasteiger charge is -2.28. The van der Waals surface area contributed by atoms with E-state index in [1.807, 2.05) is 0 Å². The zero-order chi connectivity index (χ0) is 7.03. The second kappa shape index (κ2) is 3.25. The third-order valence-electron chi connectivity index (χ3n) is 2.44. The van der Waals surface area contributed by atoms with Crippen molar-refractivity contribution in [3.05, 3.63) is 0 Å². The molecule has 2 nitrogen and oxygen atoms in total. The first kappa shape index (κ1) is 9.23. The Morgan fingerprint density at radius 2 is 2.45 bits per heavy atom. The Labute approximate surface area is 71.9 Å². The van der Waals surface area contributed by atoms with Crippen molar-refractivity contribution in [2.75, 3.05) is 26.4 Å². The van der Waals surface area contributed by atoms with Gasteiger partial charge in [-0.05, 0) is 6.42 Å². The Balaban J connectivity index is 0.000000605. The molecule has 0 spiro atoms. The highest BCUT2D eigenvalue weighted by Crippen LogP contribution is 2.34. The van der Waals surface area contributed by atoms with Crippen LogP contribution in [-0.4, -0.2) is 32.5 Å². The van der Waals surface area contributed by atoms with Crippen molar-refractivity contribution in [3.8, 4) is 0 Å². The molecule has 0 amide bonds. The molecule has 2 atom stereocenters. The second-order valence-electron chi connectivity index (χ2n) is 3.40. The van der Waals surface area contributed by atoms with Crippen LogP contribution in [0.2, 0.25) is 0 Å². The maximum absolute atomic E-state index is 12.4. The van der Waals surface area contributed by atoms with Gasteiger partial charge in [0.05, 0.1) is 19.4 Å². The third kappa shape index (κ3) is 1.50. The third-order valence-corrected chi connectivity index (χ3v) is 2.44. The lowest BCUT2D eigenvalue weighted by atomic mass is 9.84. The van der Waals surface area contributed by atoms with E-state index in [1.54, 1.807) is 0 Å². The summed E-state index contributed by atoms with van der Waals surface area (Å²) in [6.45, 7) is 2.07. The van der Waals surface area contributed by atoms with Gasteiger partial charge in [-0.15, -0.1) is 12.4 Å². The van der Waals surface area contributed by atoms with Crippen LogP contribution in [0.4, 0.5) is 4.39 Å². The first-order valence-electron chi connectivity index (χ1n) is 3.73.